The van der Waals surface area contributed by atoms with Crippen LogP contribution in [0.5, 0.6) is 0 Å². The topological polar surface area (TPSA) is 64.0 Å². The molecule has 1 fully saturated rings. The highest BCUT2D eigenvalue weighted by Gasteiger charge is 2.58. The van der Waals surface area contributed by atoms with Crippen LogP contribution in [0.25, 0.3) is 0 Å². The zero-order chi connectivity index (χ0) is 20.6. The number of rotatable bonds is 4. The van der Waals surface area contributed by atoms with Gasteiger partial charge in [-0.15, -0.1) is 0 Å². The lowest BCUT2D eigenvalue weighted by Crippen LogP contribution is -2.51. The second-order valence-electron chi connectivity index (χ2n) is 6.79. The summed E-state index contributed by atoms with van der Waals surface area (Å²) >= 11 is 12.0. The number of aliphatic hydroxyl groups is 2. The summed E-state index contributed by atoms with van der Waals surface area (Å²) in [7, 11) is 0. The summed E-state index contributed by atoms with van der Waals surface area (Å²) in [5, 5.41) is 22.9. The molecule has 1 heterocycles. The van der Waals surface area contributed by atoms with Crippen LogP contribution < -0.4 is 9.80 Å². The number of aliphatic hydroxyl groups excluding tert-OH is 1. The molecule has 3 aromatic carbocycles. The van der Waals surface area contributed by atoms with E-state index >= 15 is 0 Å². The highest BCUT2D eigenvalue weighted by atomic mass is 35.5. The fraction of sp³-hybridized carbons (Fsp3) is 0.136. The van der Waals surface area contributed by atoms with Crippen molar-refractivity contribution in [3.8, 4) is 0 Å². The highest BCUT2D eigenvalue weighted by Crippen LogP contribution is 2.46. The molecule has 2 unspecified atom stereocenters. The zero-order valence-corrected chi connectivity index (χ0v) is 16.8. The summed E-state index contributed by atoms with van der Waals surface area (Å²) in [6.07, 6.45) is 0. The van der Waals surface area contributed by atoms with Gasteiger partial charge in [-0.05, 0) is 54.1 Å². The molecule has 0 aliphatic carbocycles. The monoisotopic (exact) mass is 428 g/mol. The Balaban J connectivity index is 1.91. The van der Waals surface area contributed by atoms with E-state index in [1.54, 1.807) is 48.5 Å². The Morgan fingerprint density at radius 1 is 0.828 bits per heavy atom. The van der Waals surface area contributed by atoms with Crippen molar-refractivity contribution < 1.29 is 15.0 Å². The molecule has 4 rings (SSSR count). The third-order valence-corrected chi connectivity index (χ3v) is 5.52. The van der Waals surface area contributed by atoms with E-state index in [-0.39, 0.29) is 0 Å². The zero-order valence-electron chi connectivity index (χ0n) is 15.2. The lowest BCUT2D eigenvalue weighted by molar-refractivity contribution is -0.0175. The van der Waals surface area contributed by atoms with Crippen LogP contribution in [0.3, 0.4) is 0 Å². The molecular formula is C22H18Cl2N2O3. The molecule has 2 atom stereocenters. The van der Waals surface area contributed by atoms with Gasteiger partial charge in [0.2, 0.25) is 0 Å². The Labute approximate surface area is 178 Å². The Kier molecular flexibility index (Phi) is 5.23. The van der Waals surface area contributed by atoms with Crippen molar-refractivity contribution in [2.24, 2.45) is 0 Å². The van der Waals surface area contributed by atoms with E-state index in [4.69, 9.17) is 23.2 Å². The molecule has 3 aromatic rings. The van der Waals surface area contributed by atoms with Crippen LogP contribution in [-0.4, -0.2) is 28.6 Å². The third kappa shape index (κ3) is 3.36. The molecule has 0 saturated carbocycles. The molecule has 2 N–H and O–H groups in total. The summed E-state index contributed by atoms with van der Waals surface area (Å²) < 4.78 is 0. The Hall–Kier alpha value is -2.57. The van der Waals surface area contributed by atoms with Crippen molar-refractivity contribution in [1.29, 1.82) is 0 Å². The van der Waals surface area contributed by atoms with Crippen molar-refractivity contribution in [2.75, 3.05) is 16.4 Å². The first-order valence-electron chi connectivity index (χ1n) is 8.98. The van der Waals surface area contributed by atoms with Crippen LogP contribution >= 0.6 is 23.2 Å². The summed E-state index contributed by atoms with van der Waals surface area (Å²) in [5.41, 5.74) is -0.236. The number of hydrogen-bond acceptors (Lipinski definition) is 3. The van der Waals surface area contributed by atoms with E-state index in [9.17, 15) is 15.0 Å². The Bertz CT molecular complexity index is 1010. The maximum absolute atomic E-state index is 13.5. The first-order valence-corrected chi connectivity index (χ1v) is 9.74. The minimum atomic E-state index is -1.90. The summed E-state index contributed by atoms with van der Waals surface area (Å²) in [4.78, 5) is 16.2. The van der Waals surface area contributed by atoms with E-state index in [0.717, 1.165) is 0 Å². The largest absolute Gasteiger partial charge is 0.391 e. The molecule has 0 aromatic heterocycles. The number of hydrogen-bond donors (Lipinski definition) is 2. The standard InChI is InChI=1S/C22H18Cl2N2O3/c23-16-6-10-18(11-7-16)25-20(15-4-2-1-3-5-15)22(29,14-27)26(21(25)28)19-12-8-17(24)9-13-19/h1-13,20,27,29H,14H2. The fourth-order valence-electron chi connectivity index (χ4n) is 3.71. The van der Waals surface area contributed by atoms with Crippen molar-refractivity contribution in [2.45, 2.75) is 11.8 Å². The van der Waals surface area contributed by atoms with Gasteiger partial charge < -0.3 is 10.2 Å². The number of carbonyl (C=O) groups excluding carboxylic acids is 1. The Morgan fingerprint density at radius 2 is 1.34 bits per heavy atom. The van der Waals surface area contributed by atoms with Crippen LogP contribution in [0, 0.1) is 0 Å². The van der Waals surface area contributed by atoms with Crippen LogP contribution in [0.4, 0.5) is 16.2 Å². The number of urea groups is 1. The molecule has 1 aliphatic rings. The number of anilines is 2. The van der Waals surface area contributed by atoms with Crippen LogP contribution in [-0.2, 0) is 0 Å². The van der Waals surface area contributed by atoms with Crippen LogP contribution in [0.2, 0.25) is 10.0 Å². The molecule has 5 nitrogen and oxygen atoms in total. The number of carbonyl (C=O) groups is 1. The first-order chi connectivity index (χ1) is 14.0. The second kappa shape index (κ2) is 7.69. The van der Waals surface area contributed by atoms with E-state index in [0.29, 0.717) is 27.0 Å². The normalized spacial score (nSPS) is 21.7. The molecule has 29 heavy (non-hydrogen) atoms. The average molecular weight is 429 g/mol. The third-order valence-electron chi connectivity index (χ3n) is 5.02. The first kappa shape index (κ1) is 19.7. The van der Waals surface area contributed by atoms with Crippen LogP contribution in [0.15, 0.2) is 78.9 Å². The lowest BCUT2D eigenvalue weighted by Gasteiger charge is -2.35. The van der Waals surface area contributed by atoms with Gasteiger partial charge in [-0.25, -0.2) is 4.79 Å². The quantitative estimate of drug-likeness (QED) is 0.623. The predicted octanol–water partition coefficient (Wildman–Crippen LogP) is 4.86. The molecular weight excluding hydrogens is 411 g/mol. The van der Waals surface area contributed by atoms with Gasteiger partial charge in [0, 0.05) is 21.4 Å². The smallest absolute Gasteiger partial charge is 0.332 e. The summed E-state index contributed by atoms with van der Waals surface area (Å²) in [5.74, 6) is 0. The molecule has 148 valence electrons. The highest BCUT2D eigenvalue weighted by molar-refractivity contribution is 6.31. The molecule has 0 bridgehead atoms. The maximum atomic E-state index is 13.5. The van der Waals surface area contributed by atoms with Gasteiger partial charge in [0.1, 0.15) is 6.04 Å². The molecule has 7 heteroatoms. The SMILES string of the molecule is O=C1N(c2ccc(Cl)cc2)C(c2ccccc2)C(O)(CO)N1c1ccc(Cl)cc1. The van der Waals surface area contributed by atoms with Gasteiger partial charge in [0.05, 0.1) is 6.61 Å². The average Bonchev–Trinajstić information content (AvgIpc) is 2.97. The van der Waals surface area contributed by atoms with Gasteiger partial charge in [-0.2, -0.15) is 0 Å². The summed E-state index contributed by atoms with van der Waals surface area (Å²) in [6.45, 7) is -0.662. The lowest BCUT2D eigenvalue weighted by atomic mass is 9.95. The van der Waals surface area contributed by atoms with E-state index in [2.05, 4.69) is 0 Å². The van der Waals surface area contributed by atoms with E-state index in [1.807, 2.05) is 30.3 Å². The van der Waals surface area contributed by atoms with E-state index < -0.39 is 24.4 Å². The maximum Gasteiger partial charge on any atom is 0.332 e. The van der Waals surface area contributed by atoms with Crippen molar-refractivity contribution >= 4 is 40.6 Å². The van der Waals surface area contributed by atoms with Gasteiger partial charge in [-0.3, -0.25) is 9.80 Å². The molecule has 1 aliphatic heterocycles. The van der Waals surface area contributed by atoms with Crippen molar-refractivity contribution in [3.05, 3.63) is 94.5 Å². The molecule has 2 amide bonds. The number of benzene rings is 3. The van der Waals surface area contributed by atoms with Gasteiger partial charge >= 0.3 is 6.03 Å². The molecule has 0 spiro atoms. The van der Waals surface area contributed by atoms with Gasteiger partial charge in [-0.1, -0.05) is 53.5 Å². The van der Waals surface area contributed by atoms with Crippen molar-refractivity contribution in [1.82, 2.24) is 0 Å². The summed E-state index contributed by atoms with van der Waals surface area (Å²) in [6, 6.07) is 21.1. The number of nitrogens with zero attached hydrogens (tertiary/aromatic N) is 2. The number of halogens is 2. The van der Waals surface area contributed by atoms with Gasteiger partial charge in [0.15, 0.2) is 5.72 Å². The second-order valence-corrected chi connectivity index (χ2v) is 7.66. The van der Waals surface area contributed by atoms with Gasteiger partial charge in [0.25, 0.3) is 0 Å². The van der Waals surface area contributed by atoms with E-state index in [1.165, 1.54) is 9.80 Å². The fourth-order valence-corrected chi connectivity index (χ4v) is 3.96. The molecule has 1 saturated heterocycles. The number of amides is 2. The molecule has 0 radical (unpaired) electrons. The van der Waals surface area contributed by atoms with Crippen LogP contribution in [0.1, 0.15) is 11.6 Å². The van der Waals surface area contributed by atoms with Crippen molar-refractivity contribution in [3.63, 3.8) is 0 Å². The Morgan fingerprint density at radius 3 is 1.86 bits per heavy atom. The minimum Gasteiger partial charge on any atom is -0.391 e. The predicted molar refractivity (Wildman–Crippen MR) is 114 cm³/mol. The minimum absolute atomic E-state index is 0.424.